The van der Waals surface area contributed by atoms with Gasteiger partial charge in [0.05, 0.1) is 18.4 Å². The largest absolute Gasteiger partial charge is 0.388 e. The van der Waals surface area contributed by atoms with Gasteiger partial charge in [0.15, 0.2) is 0 Å². The minimum Gasteiger partial charge on any atom is -0.388 e. The monoisotopic (exact) mass is 275 g/mol. The summed E-state index contributed by atoms with van der Waals surface area (Å²) in [6, 6.07) is 7.39. The van der Waals surface area contributed by atoms with E-state index in [4.69, 9.17) is 16.9 Å². The van der Waals surface area contributed by atoms with E-state index >= 15 is 0 Å². The van der Waals surface area contributed by atoms with Gasteiger partial charge in [0.2, 0.25) is 0 Å². The summed E-state index contributed by atoms with van der Waals surface area (Å²) in [6.45, 7) is 0. The Kier molecular flexibility index (Phi) is 4.20. The molecule has 0 spiro atoms. The zero-order valence-electron chi connectivity index (χ0n) is 10.5. The van der Waals surface area contributed by atoms with Crippen molar-refractivity contribution >= 4 is 11.6 Å². The maximum atomic E-state index is 10.2. The number of benzene rings is 1. The van der Waals surface area contributed by atoms with Gasteiger partial charge >= 0.3 is 0 Å². The van der Waals surface area contributed by atoms with Gasteiger partial charge in [-0.15, -0.1) is 0 Å². The van der Waals surface area contributed by atoms with Crippen LogP contribution in [0.25, 0.3) is 11.1 Å². The average molecular weight is 276 g/mol. The summed E-state index contributed by atoms with van der Waals surface area (Å²) in [6.07, 6.45) is 3.65. The molecule has 0 saturated carbocycles. The molecule has 1 aromatic heterocycles. The molecule has 2 rings (SSSR count). The number of aromatic nitrogens is 2. The lowest BCUT2D eigenvalue weighted by atomic mass is 9.96. The number of aryl methyl sites for hydroxylation is 1. The highest BCUT2D eigenvalue weighted by molar-refractivity contribution is 6.30. The van der Waals surface area contributed by atoms with Crippen LogP contribution in [0.3, 0.4) is 0 Å². The van der Waals surface area contributed by atoms with Crippen molar-refractivity contribution in [3.05, 3.63) is 41.2 Å². The lowest BCUT2D eigenvalue weighted by Crippen LogP contribution is -1.99. The normalized spacial score (nSPS) is 12.1. The zero-order chi connectivity index (χ0) is 13.8. The van der Waals surface area contributed by atoms with E-state index in [2.05, 4.69) is 5.10 Å². The summed E-state index contributed by atoms with van der Waals surface area (Å²) >= 11 is 6.02. The lowest BCUT2D eigenvalue weighted by Gasteiger charge is -2.14. The second kappa shape index (κ2) is 5.87. The quantitative estimate of drug-likeness (QED) is 0.933. The van der Waals surface area contributed by atoms with Gasteiger partial charge in [-0.1, -0.05) is 17.7 Å². The highest BCUT2D eigenvalue weighted by Crippen LogP contribution is 2.32. The fraction of sp³-hybridized carbons (Fsp3) is 0.286. The number of nitriles is 1. The van der Waals surface area contributed by atoms with Crippen molar-refractivity contribution < 1.29 is 5.11 Å². The molecule has 0 aliphatic carbocycles. The van der Waals surface area contributed by atoms with Crippen LogP contribution in [-0.4, -0.2) is 14.9 Å². The van der Waals surface area contributed by atoms with Crippen LogP contribution in [0.5, 0.6) is 0 Å². The summed E-state index contributed by atoms with van der Waals surface area (Å²) in [5.74, 6) is 0. The van der Waals surface area contributed by atoms with Gasteiger partial charge in [-0.25, -0.2) is 0 Å². The smallest absolute Gasteiger partial charge is 0.0805 e. The van der Waals surface area contributed by atoms with Gasteiger partial charge < -0.3 is 5.11 Å². The minimum atomic E-state index is -0.674. The Bertz CT molecular complexity index is 615. The van der Waals surface area contributed by atoms with E-state index in [-0.39, 0.29) is 0 Å². The molecule has 1 atom stereocenters. The van der Waals surface area contributed by atoms with Crippen molar-refractivity contribution in [2.45, 2.75) is 18.9 Å². The molecule has 1 unspecified atom stereocenters. The highest BCUT2D eigenvalue weighted by atomic mass is 35.5. The lowest BCUT2D eigenvalue weighted by molar-refractivity contribution is 0.170. The molecular weight excluding hydrogens is 262 g/mol. The van der Waals surface area contributed by atoms with E-state index in [1.54, 1.807) is 23.0 Å². The first-order valence-electron chi connectivity index (χ1n) is 5.95. The van der Waals surface area contributed by atoms with Crippen molar-refractivity contribution in [1.29, 1.82) is 5.26 Å². The molecule has 4 nitrogen and oxygen atoms in total. The number of aliphatic hydroxyl groups excluding tert-OH is 1. The molecule has 98 valence electrons. The molecule has 1 N–H and O–H groups in total. The summed E-state index contributed by atoms with van der Waals surface area (Å²) in [5, 5.41) is 23.5. The van der Waals surface area contributed by atoms with Crippen molar-refractivity contribution in [3.8, 4) is 17.2 Å². The Morgan fingerprint density at radius 2 is 2.32 bits per heavy atom. The molecule has 2 aromatic rings. The summed E-state index contributed by atoms with van der Waals surface area (Å²) in [4.78, 5) is 0. The predicted molar refractivity (Wildman–Crippen MR) is 73.5 cm³/mol. The molecule has 0 aliphatic heterocycles. The third-order valence-electron chi connectivity index (χ3n) is 2.92. The summed E-state index contributed by atoms with van der Waals surface area (Å²) in [7, 11) is 1.83. The van der Waals surface area contributed by atoms with Crippen LogP contribution in [-0.2, 0) is 7.05 Å². The Morgan fingerprint density at radius 1 is 1.53 bits per heavy atom. The van der Waals surface area contributed by atoms with Gasteiger partial charge in [0.25, 0.3) is 0 Å². The number of hydrogen-bond acceptors (Lipinski definition) is 3. The number of nitrogens with zero attached hydrogens (tertiary/aromatic N) is 3. The van der Waals surface area contributed by atoms with Crippen LogP contribution < -0.4 is 0 Å². The molecule has 0 saturated heterocycles. The van der Waals surface area contributed by atoms with Crippen LogP contribution in [0.15, 0.2) is 30.6 Å². The van der Waals surface area contributed by atoms with Crippen LogP contribution in [0.2, 0.25) is 5.02 Å². The topological polar surface area (TPSA) is 61.8 Å². The van der Waals surface area contributed by atoms with Crippen molar-refractivity contribution in [2.75, 3.05) is 0 Å². The molecule has 1 aromatic carbocycles. The van der Waals surface area contributed by atoms with E-state index in [9.17, 15) is 5.11 Å². The maximum absolute atomic E-state index is 10.2. The second-order valence-corrected chi connectivity index (χ2v) is 4.78. The number of hydrogen-bond donors (Lipinski definition) is 1. The second-order valence-electron chi connectivity index (χ2n) is 4.35. The number of halogens is 1. The number of rotatable bonds is 4. The van der Waals surface area contributed by atoms with E-state index in [1.165, 1.54) is 0 Å². The van der Waals surface area contributed by atoms with Crippen molar-refractivity contribution in [1.82, 2.24) is 9.78 Å². The number of aliphatic hydroxyl groups is 1. The molecular formula is C14H14ClN3O. The third kappa shape index (κ3) is 3.14. The van der Waals surface area contributed by atoms with Crippen LogP contribution in [0, 0.1) is 11.3 Å². The predicted octanol–water partition coefficient (Wildman–Crippen LogP) is 3.08. The zero-order valence-corrected chi connectivity index (χ0v) is 11.3. The summed E-state index contributed by atoms with van der Waals surface area (Å²) < 4.78 is 1.70. The first-order valence-corrected chi connectivity index (χ1v) is 6.33. The maximum Gasteiger partial charge on any atom is 0.0805 e. The Morgan fingerprint density at radius 3 is 2.95 bits per heavy atom. The Labute approximate surface area is 116 Å². The first-order chi connectivity index (χ1) is 9.11. The molecule has 0 amide bonds. The molecule has 1 heterocycles. The summed E-state index contributed by atoms with van der Waals surface area (Å²) in [5.41, 5.74) is 2.52. The molecule has 5 heteroatoms. The van der Waals surface area contributed by atoms with Gasteiger partial charge in [-0.2, -0.15) is 10.4 Å². The molecule has 19 heavy (non-hydrogen) atoms. The van der Waals surface area contributed by atoms with Gasteiger partial charge in [-0.3, -0.25) is 4.68 Å². The van der Waals surface area contributed by atoms with Crippen LogP contribution >= 0.6 is 11.6 Å². The first kappa shape index (κ1) is 13.6. The highest BCUT2D eigenvalue weighted by Gasteiger charge is 2.15. The van der Waals surface area contributed by atoms with Crippen molar-refractivity contribution in [3.63, 3.8) is 0 Å². The van der Waals surface area contributed by atoms with Crippen LogP contribution in [0.4, 0.5) is 0 Å². The fourth-order valence-corrected chi connectivity index (χ4v) is 2.16. The van der Waals surface area contributed by atoms with Crippen molar-refractivity contribution in [2.24, 2.45) is 7.05 Å². The average Bonchev–Trinajstić information content (AvgIpc) is 2.82. The standard InChI is InChI=1S/C14H14ClN3O/c1-18-9-10(8-17-18)13-7-11(15)4-5-12(13)14(19)3-2-6-16/h4-5,7-9,14,19H,2-3H2,1H3. The fourth-order valence-electron chi connectivity index (χ4n) is 1.99. The minimum absolute atomic E-state index is 0.316. The molecule has 0 fully saturated rings. The van der Waals surface area contributed by atoms with Gasteiger partial charge in [0.1, 0.15) is 0 Å². The molecule has 0 aliphatic rings. The third-order valence-corrected chi connectivity index (χ3v) is 3.15. The SMILES string of the molecule is Cn1cc(-c2cc(Cl)ccc2C(O)CCC#N)cn1. The Hall–Kier alpha value is -1.83. The van der Waals surface area contributed by atoms with E-state index < -0.39 is 6.10 Å². The van der Waals surface area contributed by atoms with Gasteiger partial charge in [-0.05, 0) is 29.7 Å². The van der Waals surface area contributed by atoms with E-state index in [0.29, 0.717) is 17.9 Å². The molecule has 0 radical (unpaired) electrons. The van der Waals surface area contributed by atoms with Gasteiger partial charge in [0, 0.05) is 30.3 Å². The molecule has 0 bridgehead atoms. The van der Waals surface area contributed by atoms with Crippen LogP contribution in [0.1, 0.15) is 24.5 Å². The Balaban J connectivity index is 2.41. The van der Waals surface area contributed by atoms with E-state index in [1.807, 2.05) is 25.4 Å². The van der Waals surface area contributed by atoms with E-state index in [0.717, 1.165) is 16.7 Å².